The monoisotopic (exact) mass is 272 g/mol. The molecule has 0 spiro atoms. The summed E-state index contributed by atoms with van der Waals surface area (Å²) in [4.78, 5) is 3.84. The highest BCUT2D eigenvalue weighted by Crippen LogP contribution is 2.29. The van der Waals surface area contributed by atoms with E-state index in [9.17, 15) is 4.39 Å². The molecule has 0 radical (unpaired) electrons. The van der Waals surface area contributed by atoms with Crippen molar-refractivity contribution in [1.82, 2.24) is 10.3 Å². The minimum absolute atomic E-state index is 0.136. The Labute approximate surface area is 120 Å². The van der Waals surface area contributed by atoms with E-state index in [0.29, 0.717) is 5.56 Å². The van der Waals surface area contributed by atoms with E-state index in [4.69, 9.17) is 0 Å². The van der Waals surface area contributed by atoms with Crippen LogP contribution in [-0.4, -0.2) is 11.5 Å². The highest BCUT2D eigenvalue weighted by atomic mass is 19.1. The van der Waals surface area contributed by atoms with Gasteiger partial charge in [0.2, 0.25) is 0 Å². The van der Waals surface area contributed by atoms with Crippen LogP contribution in [0.25, 0.3) is 0 Å². The van der Waals surface area contributed by atoms with Crippen LogP contribution in [0.15, 0.2) is 30.6 Å². The Hall–Kier alpha value is -1.74. The number of pyridine rings is 1. The molecule has 3 heteroatoms. The van der Waals surface area contributed by atoms with Crippen molar-refractivity contribution < 1.29 is 4.39 Å². The van der Waals surface area contributed by atoms with Gasteiger partial charge in [-0.2, -0.15) is 0 Å². The number of nitrogens with one attached hydrogen (secondary N) is 1. The standard InChI is InChI=1S/C17H21FN2/c1-5-20-17(14-6-7-19-10-15(14)18)16-12(3)8-11(2)9-13(16)4/h6-10,17,20H,5H2,1-4H3. The third-order valence-electron chi connectivity index (χ3n) is 3.55. The highest BCUT2D eigenvalue weighted by molar-refractivity contribution is 5.44. The molecule has 0 aliphatic carbocycles. The summed E-state index contributed by atoms with van der Waals surface area (Å²) in [5.74, 6) is -0.266. The van der Waals surface area contributed by atoms with Crippen LogP contribution in [0.3, 0.4) is 0 Å². The molecule has 0 aliphatic heterocycles. The summed E-state index contributed by atoms with van der Waals surface area (Å²) in [5, 5.41) is 3.39. The molecule has 1 aromatic carbocycles. The van der Waals surface area contributed by atoms with Crippen LogP contribution in [0.4, 0.5) is 4.39 Å². The number of aryl methyl sites for hydroxylation is 3. The molecule has 0 saturated carbocycles. The highest BCUT2D eigenvalue weighted by Gasteiger charge is 2.20. The maximum Gasteiger partial charge on any atom is 0.146 e. The van der Waals surface area contributed by atoms with Gasteiger partial charge >= 0.3 is 0 Å². The molecule has 0 bridgehead atoms. The number of halogens is 1. The Morgan fingerprint density at radius 1 is 1.20 bits per heavy atom. The third kappa shape index (κ3) is 2.88. The molecule has 20 heavy (non-hydrogen) atoms. The Kier molecular flexibility index (Phi) is 4.50. The van der Waals surface area contributed by atoms with E-state index >= 15 is 0 Å². The Morgan fingerprint density at radius 3 is 2.40 bits per heavy atom. The van der Waals surface area contributed by atoms with Crippen molar-refractivity contribution in [2.75, 3.05) is 6.54 Å². The number of hydrogen-bond acceptors (Lipinski definition) is 2. The van der Waals surface area contributed by atoms with Crippen LogP contribution in [-0.2, 0) is 0 Å². The lowest BCUT2D eigenvalue weighted by atomic mass is 9.90. The summed E-state index contributed by atoms with van der Waals surface area (Å²) in [6.45, 7) is 9.06. The lowest BCUT2D eigenvalue weighted by molar-refractivity contribution is 0.552. The molecule has 2 nitrogen and oxygen atoms in total. The summed E-state index contributed by atoms with van der Waals surface area (Å²) in [6, 6.07) is 5.91. The van der Waals surface area contributed by atoms with Gasteiger partial charge in [-0.3, -0.25) is 4.98 Å². The molecule has 2 rings (SSSR count). The minimum Gasteiger partial charge on any atom is -0.306 e. The minimum atomic E-state index is -0.266. The van der Waals surface area contributed by atoms with E-state index in [2.05, 4.69) is 43.2 Å². The maximum absolute atomic E-state index is 14.1. The molecule has 106 valence electrons. The van der Waals surface area contributed by atoms with Crippen LogP contribution in [0.5, 0.6) is 0 Å². The van der Waals surface area contributed by atoms with E-state index in [0.717, 1.165) is 12.1 Å². The number of rotatable bonds is 4. The van der Waals surface area contributed by atoms with Crippen LogP contribution in [0.2, 0.25) is 0 Å². The smallest absolute Gasteiger partial charge is 0.146 e. The van der Waals surface area contributed by atoms with Crippen molar-refractivity contribution in [2.24, 2.45) is 0 Å². The fraction of sp³-hybridized carbons (Fsp3) is 0.353. The van der Waals surface area contributed by atoms with Crippen LogP contribution in [0.1, 0.15) is 40.8 Å². The fourth-order valence-electron chi connectivity index (χ4n) is 2.84. The number of hydrogen-bond donors (Lipinski definition) is 1. The van der Waals surface area contributed by atoms with Gasteiger partial charge < -0.3 is 5.32 Å². The number of aromatic nitrogens is 1. The van der Waals surface area contributed by atoms with Gasteiger partial charge in [0.25, 0.3) is 0 Å². The molecule has 0 aliphatic rings. The molecule has 0 saturated heterocycles. The second-order valence-corrected chi connectivity index (χ2v) is 5.20. The quantitative estimate of drug-likeness (QED) is 0.914. The predicted molar refractivity (Wildman–Crippen MR) is 80.4 cm³/mol. The van der Waals surface area contributed by atoms with Crippen LogP contribution >= 0.6 is 0 Å². The summed E-state index contributed by atoms with van der Waals surface area (Å²) in [6.07, 6.45) is 2.92. The van der Waals surface area contributed by atoms with Gasteiger partial charge in [-0.25, -0.2) is 4.39 Å². The largest absolute Gasteiger partial charge is 0.306 e. The average Bonchev–Trinajstić information content (AvgIpc) is 2.37. The summed E-state index contributed by atoms with van der Waals surface area (Å²) in [5.41, 5.74) is 5.41. The summed E-state index contributed by atoms with van der Waals surface area (Å²) in [7, 11) is 0. The van der Waals surface area contributed by atoms with E-state index in [1.807, 2.05) is 6.92 Å². The summed E-state index contributed by atoms with van der Waals surface area (Å²) < 4.78 is 14.1. The molecule has 1 aromatic heterocycles. The molecule has 1 N–H and O–H groups in total. The zero-order chi connectivity index (χ0) is 14.7. The molecular weight excluding hydrogens is 251 g/mol. The Bertz CT molecular complexity index is 585. The second kappa shape index (κ2) is 6.14. The van der Waals surface area contributed by atoms with Crippen molar-refractivity contribution in [3.8, 4) is 0 Å². The van der Waals surface area contributed by atoms with Crippen molar-refractivity contribution in [3.63, 3.8) is 0 Å². The zero-order valence-electron chi connectivity index (χ0n) is 12.5. The van der Waals surface area contributed by atoms with Crippen molar-refractivity contribution in [3.05, 3.63) is 64.2 Å². The molecule has 1 unspecified atom stereocenters. The van der Waals surface area contributed by atoms with E-state index in [1.165, 1.54) is 22.9 Å². The lowest BCUT2D eigenvalue weighted by Crippen LogP contribution is -2.24. The normalized spacial score (nSPS) is 12.4. The van der Waals surface area contributed by atoms with Gasteiger partial charge in [0.1, 0.15) is 5.82 Å². The molecular formula is C17H21FN2. The van der Waals surface area contributed by atoms with Gasteiger partial charge in [-0.15, -0.1) is 0 Å². The van der Waals surface area contributed by atoms with E-state index in [1.54, 1.807) is 12.3 Å². The van der Waals surface area contributed by atoms with Gasteiger partial charge in [0, 0.05) is 11.8 Å². The van der Waals surface area contributed by atoms with Gasteiger partial charge in [0.05, 0.1) is 12.2 Å². The van der Waals surface area contributed by atoms with Gasteiger partial charge in [0.15, 0.2) is 0 Å². The van der Waals surface area contributed by atoms with Gasteiger partial charge in [-0.1, -0.05) is 24.6 Å². The zero-order valence-corrected chi connectivity index (χ0v) is 12.5. The first kappa shape index (κ1) is 14.7. The molecule has 2 aromatic rings. The first-order chi connectivity index (χ1) is 9.54. The Morgan fingerprint density at radius 2 is 1.85 bits per heavy atom. The first-order valence-electron chi connectivity index (χ1n) is 6.95. The first-order valence-corrected chi connectivity index (χ1v) is 6.95. The molecule has 1 heterocycles. The maximum atomic E-state index is 14.1. The van der Waals surface area contributed by atoms with Crippen molar-refractivity contribution in [2.45, 2.75) is 33.7 Å². The second-order valence-electron chi connectivity index (χ2n) is 5.20. The molecule has 1 atom stereocenters. The number of benzene rings is 1. The Balaban J connectivity index is 2.58. The van der Waals surface area contributed by atoms with Crippen molar-refractivity contribution in [1.29, 1.82) is 0 Å². The van der Waals surface area contributed by atoms with Crippen LogP contribution in [0, 0.1) is 26.6 Å². The van der Waals surface area contributed by atoms with Crippen LogP contribution < -0.4 is 5.32 Å². The third-order valence-corrected chi connectivity index (χ3v) is 3.55. The summed E-state index contributed by atoms with van der Waals surface area (Å²) >= 11 is 0. The lowest BCUT2D eigenvalue weighted by Gasteiger charge is -2.23. The molecule has 0 fully saturated rings. The van der Waals surface area contributed by atoms with Gasteiger partial charge in [-0.05, 0) is 50.1 Å². The SMILES string of the molecule is CCNC(c1ccncc1F)c1c(C)cc(C)cc1C. The number of nitrogens with zero attached hydrogens (tertiary/aromatic N) is 1. The average molecular weight is 272 g/mol. The predicted octanol–water partition coefficient (Wildman–Crippen LogP) is 3.84. The van der Waals surface area contributed by atoms with Crippen molar-refractivity contribution >= 4 is 0 Å². The fourth-order valence-corrected chi connectivity index (χ4v) is 2.84. The molecule has 0 amide bonds. The van der Waals surface area contributed by atoms with E-state index in [-0.39, 0.29) is 11.9 Å². The van der Waals surface area contributed by atoms with E-state index < -0.39 is 0 Å². The topological polar surface area (TPSA) is 24.9 Å².